The highest BCUT2D eigenvalue weighted by molar-refractivity contribution is 7.88. The van der Waals surface area contributed by atoms with Gasteiger partial charge in [-0.1, -0.05) is 32.0 Å². The molecule has 3 aromatic rings. The zero-order chi connectivity index (χ0) is 25.9. The van der Waals surface area contributed by atoms with Crippen molar-refractivity contribution in [1.29, 1.82) is 0 Å². The van der Waals surface area contributed by atoms with Crippen LogP contribution in [0.4, 0.5) is 5.69 Å². The lowest BCUT2D eigenvalue weighted by molar-refractivity contribution is -0.384. The van der Waals surface area contributed by atoms with Crippen molar-refractivity contribution >= 4 is 35.1 Å². The van der Waals surface area contributed by atoms with Gasteiger partial charge in [-0.15, -0.1) is 4.72 Å². The summed E-state index contributed by atoms with van der Waals surface area (Å²) < 4.78 is 35.6. The third kappa shape index (κ3) is 4.28. The maximum atomic E-state index is 13.3. The maximum Gasteiger partial charge on any atom is 0.480 e. The van der Waals surface area contributed by atoms with E-state index in [2.05, 4.69) is 25.5 Å². The molecule has 3 aliphatic carbocycles. The Morgan fingerprint density at radius 1 is 1.16 bits per heavy atom. The summed E-state index contributed by atoms with van der Waals surface area (Å²) in [4.78, 5) is 10.5. The summed E-state index contributed by atoms with van der Waals surface area (Å²) in [7, 11) is -0.556. The largest absolute Gasteiger partial charge is 0.598 e. The molecule has 2 aromatic carbocycles. The first-order chi connectivity index (χ1) is 17.6. The van der Waals surface area contributed by atoms with E-state index in [-0.39, 0.29) is 34.5 Å². The van der Waals surface area contributed by atoms with E-state index < -0.39 is 23.4 Å². The molecule has 10 heteroatoms. The molecule has 2 heterocycles. The van der Waals surface area contributed by atoms with Crippen molar-refractivity contribution in [2.24, 2.45) is 17.3 Å². The second-order valence-corrected chi connectivity index (χ2v) is 12.7. The van der Waals surface area contributed by atoms with Crippen LogP contribution in [0.25, 0.3) is 11.0 Å². The van der Waals surface area contributed by atoms with E-state index in [1.165, 1.54) is 12.1 Å². The standard InChI is InChI=1S/C27H31BN2O6S/c1-26(2)19-13-23(26)27(3)24(14-19)35-28(36-27)25(12-18-15-34-22-7-5-4-6-21(18)22)29-37(33)16-17-8-10-20(11-9-17)30(31)32/h4-11,15,19,23-25,29H,12-14,16H2,1-3H3/t19-,23?,24?,25?,27-,37?/m0/s1. The fraction of sp³-hybridized carbons (Fsp3) is 0.481. The zero-order valence-electron chi connectivity index (χ0n) is 21.2. The van der Waals surface area contributed by atoms with Gasteiger partial charge in [-0.3, -0.25) is 10.1 Å². The molecule has 4 fully saturated rings. The summed E-state index contributed by atoms with van der Waals surface area (Å²) >= 11 is -1.46. The van der Waals surface area contributed by atoms with Crippen LogP contribution in [0.2, 0.25) is 0 Å². The Labute approximate surface area is 219 Å². The first-order valence-corrected chi connectivity index (χ1v) is 14.1. The van der Waals surface area contributed by atoms with Crippen LogP contribution in [0.3, 0.4) is 0 Å². The van der Waals surface area contributed by atoms with Crippen molar-refractivity contribution in [2.45, 2.75) is 63.4 Å². The summed E-state index contributed by atoms with van der Waals surface area (Å²) in [6, 6.07) is 14.0. The van der Waals surface area contributed by atoms with E-state index in [0.29, 0.717) is 18.3 Å². The van der Waals surface area contributed by atoms with Gasteiger partial charge in [0, 0.05) is 34.4 Å². The molecule has 4 unspecified atom stereocenters. The lowest BCUT2D eigenvalue weighted by atomic mass is 9.43. The predicted octanol–water partition coefficient (Wildman–Crippen LogP) is 4.97. The molecule has 6 atom stereocenters. The summed E-state index contributed by atoms with van der Waals surface area (Å²) in [5.41, 5.74) is 2.42. The number of nitro groups is 1. The van der Waals surface area contributed by atoms with Crippen molar-refractivity contribution in [1.82, 2.24) is 4.72 Å². The Morgan fingerprint density at radius 3 is 2.65 bits per heavy atom. The smallest absolute Gasteiger partial charge is 0.480 e. The quantitative estimate of drug-likeness (QED) is 0.192. The Balaban J connectivity index is 1.23. The van der Waals surface area contributed by atoms with Crippen LogP contribution in [0, 0.1) is 27.4 Å². The average molecular weight is 522 g/mol. The number of fused-ring (bicyclic) bond motifs is 1. The van der Waals surface area contributed by atoms with Crippen LogP contribution >= 0.6 is 0 Å². The topological polar surface area (TPSA) is 110 Å². The first kappa shape index (κ1) is 24.9. The highest BCUT2D eigenvalue weighted by atomic mass is 32.2. The summed E-state index contributed by atoms with van der Waals surface area (Å²) in [6.45, 7) is 6.84. The lowest BCUT2D eigenvalue weighted by Gasteiger charge is -2.64. The number of nitrogens with one attached hydrogen (secondary N) is 1. The first-order valence-electron chi connectivity index (χ1n) is 12.8. The molecule has 1 aliphatic heterocycles. The minimum Gasteiger partial charge on any atom is -0.598 e. The molecule has 2 bridgehead atoms. The third-order valence-corrected chi connectivity index (χ3v) is 10.2. The molecular weight excluding hydrogens is 491 g/mol. The van der Waals surface area contributed by atoms with Gasteiger partial charge in [-0.25, -0.2) is 0 Å². The fourth-order valence-electron chi connectivity index (χ4n) is 6.77. The average Bonchev–Trinajstić information content (AvgIpc) is 3.44. The summed E-state index contributed by atoms with van der Waals surface area (Å²) in [6.07, 6.45) is 4.43. The molecule has 7 rings (SSSR count). The van der Waals surface area contributed by atoms with Crippen LogP contribution < -0.4 is 4.72 Å². The minimum absolute atomic E-state index is 0.0112. The van der Waals surface area contributed by atoms with E-state index >= 15 is 0 Å². The van der Waals surface area contributed by atoms with E-state index in [9.17, 15) is 14.7 Å². The Bertz CT molecular complexity index is 1320. The van der Waals surface area contributed by atoms with E-state index in [4.69, 9.17) is 13.7 Å². The summed E-state index contributed by atoms with van der Waals surface area (Å²) in [5.74, 6) is 0.905. The third-order valence-electron chi connectivity index (χ3n) is 9.03. The van der Waals surface area contributed by atoms with Gasteiger partial charge in [0.1, 0.15) is 5.58 Å². The highest BCUT2D eigenvalue weighted by Crippen LogP contribution is 2.65. The second-order valence-electron chi connectivity index (χ2n) is 11.4. The predicted molar refractivity (Wildman–Crippen MR) is 142 cm³/mol. The monoisotopic (exact) mass is 522 g/mol. The normalized spacial score (nSPS) is 29.5. The number of nitro benzene ring substituents is 1. The zero-order valence-corrected chi connectivity index (χ0v) is 22.0. The van der Waals surface area contributed by atoms with Crippen molar-refractivity contribution in [3.8, 4) is 0 Å². The van der Waals surface area contributed by atoms with E-state index in [0.717, 1.165) is 34.9 Å². The number of para-hydroxylation sites is 1. The molecule has 1 saturated heterocycles. The van der Waals surface area contributed by atoms with Crippen molar-refractivity contribution in [3.05, 3.63) is 76.0 Å². The fourth-order valence-corrected chi connectivity index (χ4v) is 7.88. The number of nitrogens with zero attached hydrogens (tertiary/aromatic N) is 1. The van der Waals surface area contributed by atoms with Crippen LogP contribution in [0.15, 0.2) is 59.2 Å². The molecule has 1 aromatic heterocycles. The van der Waals surface area contributed by atoms with Gasteiger partial charge in [0.15, 0.2) is 5.75 Å². The Hall–Kier alpha value is -2.37. The minimum atomic E-state index is -1.46. The Kier molecular flexibility index (Phi) is 6.16. The Morgan fingerprint density at radius 2 is 1.92 bits per heavy atom. The molecule has 0 spiro atoms. The highest BCUT2D eigenvalue weighted by Gasteiger charge is 2.68. The van der Waals surface area contributed by atoms with Crippen LogP contribution in [0.5, 0.6) is 0 Å². The molecule has 0 amide bonds. The molecule has 1 N–H and O–H groups in total. The molecule has 8 nitrogen and oxygen atoms in total. The van der Waals surface area contributed by atoms with Gasteiger partial charge < -0.3 is 18.3 Å². The van der Waals surface area contributed by atoms with Crippen molar-refractivity contribution in [3.63, 3.8) is 0 Å². The molecule has 4 aliphatic rings. The van der Waals surface area contributed by atoms with Gasteiger partial charge in [0.25, 0.3) is 5.69 Å². The molecule has 3 saturated carbocycles. The molecular formula is C27H31BN2O6S. The van der Waals surface area contributed by atoms with Crippen molar-refractivity contribution < 1.29 is 23.2 Å². The van der Waals surface area contributed by atoms with Gasteiger partial charge in [-0.05, 0) is 67.2 Å². The lowest BCUT2D eigenvalue weighted by Crippen LogP contribution is -2.65. The van der Waals surface area contributed by atoms with Gasteiger partial charge >= 0.3 is 7.12 Å². The molecule has 0 radical (unpaired) electrons. The van der Waals surface area contributed by atoms with E-state index in [1.54, 1.807) is 18.4 Å². The van der Waals surface area contributed by atoms with E-state index in [1.807, 2.05) is 24.3 Å². The number of hydrogen-bond donors (Lipinski definition) is 1. The number of hydrogen-bond acceptors (Lipinski definition) is 7. The summed E-state index contributed by atoms with van der Waals surface area (Å²) in [5, 5.41) is 12.0. The number of non-ortho nitro benzene ring substituents is 1. The SMILES string of the molecule is CC1(C)C2C[C@H]1CC1OB(C(Cc3coc4ccccc34)N[S+]([O-])Cc3ccc([N+](=O)[O-])cc3)O[C@]12C. The van der Waals surface area contributed by atoms with Crippen molar-refractivity contribution in [2.75, 3.05) is 0 Å². The number of benzene rings is 2. The van der Waals surface area contributed by atoms with Gasteiger partial charge in [0.05, 0.1) is 28.8 Å². The number of furan rings is 1. The molecule has 37 heavy (non-hydrogen) atoms. The van der Waals surface area contributed by atoms with Gasteiger partial charge in [-0.2, -0.15) is 0 Å². The van der Waals surface area contributed by atoms with Crippen LogP contribution in [0.1, 0.15) is 44.7 Å². The second kappa shape index (κ2) is 9.13. The maximum absolute atomic E-state index is 13.3. The number of rotatable bonds is 8. The van der Waals surface area contributed by atoms with Crippen LogP contribution in [-0.4, -0.2) is 34.2 Å². The molecule has 194 valence electrons. The van der Waals surface area contributed by atoms with Crippen LogP contribution in [-0.2, 0) is 32.8 Å². The van der Waals surface area contributed by atoms with Gasteiger partial charge in [0.2, 0.25) is 0 Å².